The lowest BCUT2D eigenvalue weighted by Crippen LogP contribution is -2.25. The van der Waals surface area contributed by atoms with Crippen LogP contribution >= 0.6 is 0 Å². The Morgan fingerprint density at radius 3 is 1.92 bits per heavy atom. The number of carbonyl (C=O) groups excluding carboxylic acids is 2. The lowest BCUT2D eigenvalue weighted by Gasteiger charge is -2.25. The minimum atomic E-state index is -0.129. The van der Waals surface area contributed by atoms with E-state index in [0.717, 1.165) is 12.8 Å². The fourth-order valence-electron chi connectivity index (χ4n) is 3.05. The van der Waals surface area contributed by atoms with Gasteiger partial charge in [-0.1, -0.05) is 18.6 Å². The van der Waals surface area contributed by atoms with Crippen LogP contribution < -0.4 is 10.6 Å². The standard InChI is InChI=1S/C21H22N2O2/c24-20(16-6-4-15(5-7-16)14-2-1-3-14)22-18-10-8-17(9-11-18)21(25)23-19-12-13-19/h4-11,14,19H,1-3,12-13H2,(H,22,24)(H,23,25). The van der Waals surface area contributed by atoms with Gasteiger partial charge in [0.2, 0.25) is 0 Å². The van der Waals surface area contributed by atoms with Crippen molar-refractivity contribution >= 4 is 17.5 Å². The van der Waals surface area contributed by atoms with E-state index in [1.54, 1.807) is 24.3 Å². The van der Waals surface area contributed by atoms with Gasteiger partial charge >= 0.3 is 0 Å². The molecular weight excluding hydrogens is 312 g/mol. The molecule has 2 N–H and O–H groups in total. The summed E-state index contributed by atoms with van der Waals surface area (Å²) in [4.78, 5) is 24.3. The van der Waals surface area contributed by atoms with Gasteiger partial charge < -0.3 is 10.6 Å². The molecule has 2 aromatic rings. The van der Waals surface area contributed by atoms with Gasteiger partial charge in [0.05, 0.1) is 0 Å². The van der Waals surface area contributed by atoms with Crippen molar-refractivity contribution in [3.63, 3.8) is 0 Å². The Balaban J connectivity index is 1.37. The van der Waals surface area contributed by atoms with Crippen molar-refractivity contribution < 1.29 is 9.59 Å². The molecule has 0 radical (unpaired) electrons. The molecule has 128 valence electrons. The van der Waals surface area contributed by atoms with Crippen LogP contribution in [0.4, 0.5) is 5.69 Å². The zero-order valence-electron chi connectivity index (χ0n) is 14.1. The molecule has 0 heterocycles. The molecule has 2 fully saturated rings. The third-order valence-electron chi connectivity index (χ3n) is 5.07. The molecule has 0 bridgehead atoms. The van der Waals surface area contributed by atoms with Gasteiger partial charge in [-0.05, 0) is 73.6 Å². The molecule has 2 aliphatic rings. The van der Waals surface area contributed by atoms with Crippen LogP contribution in [0.3, 0.4) is 0 Å². The van der Waals surface area contributed by atoms with Crippen molar-refractivity contribution in [1.82, 2.24) is 5.32 Å². The number of rotatable bonds is 5. The monoisotopic (exact) mass is 334 g/mol. The predicted molar refractivity (Wildman–Crippen MR) is 97.9 cm³/mol. The van der Waals surface area contributed by atoms with Crippen molar-refractivity contribution in [2.75, 3.05) is 5.32 Å². The van der Waals surface area contributed by atoms with E-state index in [0.29, 0.717) is 28.8 Å². The molecule has 0 atom stereocenters. The summed E-state index contributed by atoms with van der Waals surface area (Å²) in [6.45, 7) is 0. The molecule has 2 aromatic carbocycles. The second-order valence-electron chi connectivity index (χ2n) is 7.03. The van der Waals surface area contributed by atoms with Gasteiger partial charge in [0.15, 0.2) is 0 Å². The smallest absolute Gasteiger partial charge is 0.255 e. The van der Waals surface area contributed by atoms with E-state index in [4.69, 9.17) is 0 Å². The fraction of sp³-hybridized carbons (Fsp3) is 0.333. The van der Waals surface area contributed by atoms with Gasteiger partial charge in [-0.25, -0.2) is 0 Å². The summed E-state index contributed by atoms with van der Waals surface area (Å²) in [7, 11) is 0. The summed E-state index contributed by atoms with van der Waals surface area (Å²) < 4.78 is 0. The lowest BCUT2D eigenvalue weighted by molar-refractivity contribution is 0.0950. The summed E-state index contributed by atoms with van der Waals surface area (Å²) in [5.74, 6) is 0.494. The van der Waals surface area contributed by atoms with E-state index >= 15 is 0 Å². The first kappa shape index (κ1) is 15.9. The SMILES string of the molecule is O=C(Nc1ccc(C(=O)NC2CC2)cc1)c1ccc(C2CCC2)cc1. The number of benzene rings is 2. The Morgan fingerprint density at radius 1 is 0.760 bits per heavy atom. The highest BCUT2D eigenvalue weighted by molar-refractivity contribution is 6.04. The zero-order valence-corrected chi connectivity index (χ0v) is 14.1. The Bertz CT molecular complexity index is 773. The van der Waals surface area contributed by atoms with E-state index in [1.165, 1.54) is 24.8 Å². The lowest BCUT2D eigenvalue weighted by atomic mass is 9.80. The third kappa shape index (κ3) is 3.73. The quantitative estimate of drug-likeness (QED) is 0.865. The van der Waals surface area contributed by atoms with Crippen LogP contribution in [0.2, 0.25) is 0 Å². The second kappa shape index (κ2) is 6.71. The number of hydrogen-bond acceptors (Lipinski definition) is 2. The Kier molecular flexibility index (Phi) is 4.26. The molecular formula is C21H22N2O2. The molecule has 4 heteroatoms. The molecule has 2 amide bonds. The molecule has 25 heavy (non-hydrogen) atoms. The fourth-order valence-corrected chi connectivity index (χ4v) is 3.05. The summed E-state index contributed by atoms with van der Waals surface area (Å²) in [5.41, 5.74) is 3.29. The van der Waals surface area contributed by atoms with Gasteiger partial charge in [0, 0.05) is 22.9 Å². The topological polar surface area (TPSA) is 58.2 Å². The Labute approximate surface area is 147 Å². The van der Waals surface area contributed by atoms with E-state index in [1.807, 2.05) is 12.1 Å². The van der Waals surface area contributed by atoms with Gasteiger partial charge in [0.25, 0.3) is 11.8 Å². The average molecular weight is 334 g/mol. The van der Waals surface area contributed by atoms with Crippen LogP contribution in [0.25, 0.3) is 0 Å². The largest absolute Gasteiger partial charge is 0.349 e. The van der Waals surface area contributed by atoms with Crippen molar-refractivity contribution in [3.05, 3.63) is 65.2 Å². The highest BCUT2D eigenvalue weighted by Crippen LogP contribution is 2.36. The Morgan fingerprint density at radius 2 is 1.36 bits per heavy atom. The van der Waals surface area contributed by atoms with Crippen molar-refractivity contribution in [2.45, 2.75) is 44.1 Å². The summed E-state index contributed by atoms with van der Waals surface area (Å²) in [6.07, 6.45) is 5.96. The van der Waals surface area contributed by atoms with Crippen molar-refractivity contribution in [2.24, 2.45) is 0 Å². The highest BCUT2D eigenvalue weighted by atomic mass is 16.2. The van der Waals surface area contributed by atoms with Gasteiger partial charge in [-0.3, -0.25) is 9.59 Å². The first-order valence-corrected chi connectivity index (χ1v) is 9.01. The van der Waals surface area contributed by atoms with Gasteiger partial charge in [-0.2, -0.15) is 0 Å². The molecule has 2 aliphatic carbocycles. The van der Waals surface area contributed by atoms with Crippen LogP contribution in [-0.2, 0) is 0 Å². The number of nitrogens with one attached hydrogen (secondary N) is 2. The number of hydrogen-bond donors (Lipinski definition) is 2. The number of amides is 2. The van der Waals surface area contributed by atoms with Gasteiger partial charge in [-0.15, -0.1) is 0 Å². The second-order valence-corrected chi connectivity index (χ2v) is 7.03. The van der Waals surface area contributed by atoms with Gasteiger partial charge in [0.1, 0.15) is 0 Å². The summed E-state index contributed by atoms with van der Waals surface area (Å²) >= 11 is 0. The molecule has 0 aliphatic heterocycles. The van der Waals surface area contributed by atoms with Crippen LogP contribution in [0.5, 0.6) is 0 Å². The number of carbonyl (C=O) groups is 2. The maximum atomic E-state index is 12.4. The van der Waals surface area contributed by atoms with E-state index < -0.39 is 0 Å². The maximum Gasteiger partial charge on any atom is 0.255 e. The van der Waals surface area contributed by atoms with E-state index in [-0.39, 0.29) is 11.8 Å². The van der Waals surface area contributed by atoms with Crippen LogP contribution in [-0.4, -0.2) is 17.9 Å². The number of anilines is 1. The molecule has 2 saturated carbocycles. The molecule has 0 aromatic heterocycles. The summed E-state index contributed by atoms with van der Waals surface area (Å²) in [5, 5.41) is 5.84. The third-order valence-corrected chi connectivity index (χ3v) is 5.07. The van der Waals surface area contributed by atoms with Crippen LogP contribution in [0, 0.1) is 0 Å². The molecule has 0 spiro atoms. The highest BCUT2D eigenvalue weighted by Gasteiger charge is 2.23. The average Bonchev–Trinajstić information content (AvgIpc) is 3.38. The normalized spacial score (nSPS) is 16.8. The van der Waals surface area contributed by atoms with E-state index in [2.05, 4.69) is 22.8 Å². The molecule has 4 rings (SSSR count). The van der Waals surface area contributed by atoms with Crippen molar-refractivity contribution in [3.8, 4) is 0 Å². The van der Waals surface area contributed by atoms with Crippen molar-refractivity contribution in [1.29, 1.82) is 0 Å². The van der Waals surface area contributed by atoms with Crippen LogP contribution in [0.15, 0.2) is 48.5 Å². The molecule has 0 unspecified atom stereocenters. The predicted octanol–water partition coefficient (Wildman–Crippen LogP) is 4.10. The van der Waals surface area contributed by atoms with Crippen LogP contribution in [0.1, 0.15) is 64.3 Å². The minimum Gasteiger partial charge on any atom is -0.349 e. The molecule has 4 nitrogen and oxygen atoms in total. The first-order chi connectivity index (χ1) is 12.2. The zero-order chi connectivity index (χ0) is 17.2. The summed E-state index contributed by atoms with van der Waals surface area (Å²) in [6, 6.07) is 15.3. The minimum absolute atomic E-state index is 0.0491. The van der Waals surface area contributed by atoms with E-state index in [9.17, 15) is 9.59 Å². The first-order valence-electron chi connectivity index (χ1n) is 9.01. The Hall–Kier alpha value is -2.62. The maximum absolute atomic E-state index is 12.4. The molecule has 0 saturated heterocycles.